The van der Waals surface area contributed by atoms with Crippen molar-refractivity contribution >= 4 is 33.4 Å². The van der Waals surface area contributed by atoms with E-state index in [1.165, 1.54) is 0 Å². The Hall–Kier alpha value is -0.740. The molecule has 0 aliphatic carbocycles. The van der Waals surface area contributed by atoms with Crippen molar-refractivity contribution in [3.63, 3.8) is 0 Å². The van der Waals surface area contributed by atoms with E-state index in [2.05, 4.69) is 15.9 Å². The lowest BCUT2D eigenvalue weighted by Crippen LogP contribution is -2.35. The lowest BCUT2D eigenvalue weighted by molar-refractivity contribution is -0.129. The minimum atomic E-state index is -0.164. The van der Waals surface area contributed by atoms with Gasteiger partial charge in [0.2, 0.25) is 5.91 Å². The molecule has 94 valence electrons. The van der Waals surface area contributed by atoms with Crippen LogP contribution in [0.4, 0.5) is 0 Å². The molecule has 0 aromatic heterocycles. The molecule has 0 N–H and O–H groups in total. The predicted molar refractivity (Wildman–Crippen MR) is 73.0 cm³/mol. The molecular formula is C12H15BrClNO2. The summed E-state index contributed by atoms with van der Waals surface area (Å²) in [6, 6.07) is 7.15. The lowest BCUT2D eigenvalue weighted by Gasteiger charge is -2.18. The highest BCUT2D eigenvalue weighted by molar-refractivity contribution is 9.10. The number of halogens is 2. The molecule has 0 saturated carbocycles. The maximum Gasteiger partial charge on any atom is 0.235 e. The zero-order valence-electron chi connectivity index (χ0n) is 9.82. The Morgan fingerprint density at radius 3 is 2.59 bits per heavy atom. The maximum absolute atomic E-state index is 11.5. The standard InChI is InChI=1S/C12H15BrClNO2/c1-9(13)12(16)15(2)7-8-17-11-5-3-10(14)4-6-11/h3-6,9H,7-8H2,1-2H3. The minimum Gasteiger partial charge on any atom is -0.492 e. The van der Waals surface area contributed by atoms with Crippen LogP contribution < -0.4 is 4.74 Å². The first kappa shape index (κ1) is 14.3. The normalized spacial score (nSPS) is 12.0. The second kappa shape index (κ2) is 6.87. The van der Waals surface area contributed by atoms with Crippen LogP contribution >= 0.6 is 27.5 Å². The Morgan fingerprint density at radius 1 is 1.47 bits per heavy atom. The number of rotatable bonds is 5. The van der Waals surface area contributed by atoms with E-state index in [0.29, 0.717) is 18.2 Å². The fraction of sp³-hybridized carbons (Fsp3) is 0.417. The number of ether oxygens (including phenoxy) is 1. The molecule has 1 amide bonds. The molecule has 1 atom stereocenters. The summed E-state index contributed by atoms with van der Waals surface area (Å²) < 4.78 is 5.49. The van der Waals surface area contributed by atoms with Gasteiger partial charge in [0.1, 0.15) is 12.4 Å². The molecule has 1 aromatic rings. The number of hydrogen-bond donors (Lipinski definition) is 0. The van der Waals surface area contributed by atoms with Crippen LogP contribution in [0.15, 0.2) is 24.3 Å². The van der Waals surface area contributed by atoms with Crippen LogP contribution in [0.2, 0.25) is 5.02 Å². The minimum absolute atomic E-state index is 0.0460. The van der Waals surface area contributed by atoms with E-state index in [-0.39, 0.29) is 10.7 Å². The molecule has 1 rings (SSSR count). The van der Waals surface area contributed by atoms with Crippen molar-refractivity contribution in [1.82, 2.24) is 4.90 Å². The van der Waals surface area contributed by atoms with Crippen LogP contribution in [-0.2, 0) is 4.79 Å². The summed E-state index contributed by atoms with van der Waals surface area (Å²) in [7, 11) is 1.76. The molecule has 0 spiro atoms. The lowest BCUT2D eigenvalue weighted by atomic mass is 10.3. The van der Waals surface area contributed by atoms with Crippen molar-refractivity contribution in [2.45, 2.75) is 11.8 Å². The Labute approximate surface area is 115 Å². The van der Waals surface area contributed by atoms with Crippen LogP contribution in [0.3, 0.4) is 0 Å². The predicted octanol–water partition coefficient (Wildman–Crippen LogP) is 2.96. The molecule has 17 heavy (non-hydrogen) atoms. The first-order valence-electron chi connectivity index (χ1n) is 5.28. The van der Waals surface area contributed by atoms with Gasteiger partial charge in [-0.25, -0.2) is 0 Å². The molecule has 1 unspecified atom stereocenters. The van der Waals surface area contributed by atoms with E-state index in [1.807, 2.05) is 0 Å². The summed E-state index contributed by atoms with van der Waals surface area (Å²) >= 11 is 9.00. The molecule has 1 aromatic carbocycles. The van der Waals surface area contributed by atoms with Crippen LogP contribution in [0, 0.1) is 0 Å². The van der Waals surface area contributed by atoms with Crippen molar-refractivity contribution in [3.8, 4) is 5.75 Å². The van der Waals surface area contributed by atoms with Gasteiger partial charge < -0.3 is 9.64 Å². The van der Waals surface area contributed by atoms with Gasteiger partial charge in [-0.05, 0) is 31.2 Å². The van der Waals surface area contributed by atoms with Crippen molar-refractivity contribution in [1.29, 1.82) is 0 Å². The third-order valence-electron chi connectivity index (χ3n) is 2.23. The number of likely N-dealkylation sites (N-methyl/N-ethyl adjacent to an activating group) is 1. The monoisotopic (exact) mass is 319 g/mol. The number of carbonyl (C=O) groups is 1. The molecule has 3 nitrogen and oxygen atoms in total. The van der Waals surface area contributed by atoms with Gasteiger partial charge in [0, 0.05) is 12.1 Å². The number of alkyl halides is 1. The van der Waals surface area contributed by atoms with Crippen LogP contribution in [0.5, 0.6) is 5.75 Å². The van der Waals surface area contributed by atoms with E-state index in [9.17, 15) is 4.79 Å². The number of nitrogens with zero attached hydrogens (tertiary/aromatic N) is 1. The summed E-state index contributed by atoms with van der Waals surface area (Å²) in [6.07, 6.45) is 0. The third kappa shape index (κ3) is 4.96. The van der Waals surface area contributed by atoms with Crippen LogP contribution in [0.1, 0.15) is 6.92 Å². The van der Waals surface area contributed by atoms with E-state index < -0.39 is 0 Å². The smallest absolute Gasteiger partial charge is 0.235 e. The Bertz CT molecular complexity index is 367. The topological polar surface area (TPSA) is 29.5 Å². The van der Waals surface area contributed by atoms with Gasteiger partial charge in [0.15, 0.2) is 0 Å². The summed E-state index contributed by atoms with van der Waals surface area (Å²) in [5, 5.41) is 0.678. The van der Waals surface area contributed by atoms with Gasteiger partial charge in [-0.2, -0.15) is 0 Å². The Kier molecular flexibility index (Phi) is 5.78. The summed E-state index contributed by atoms with van der Waals surface area (Å²) in [6.45, 7) is 2.82. The third-order valence-corrected chi connectivity index (χ3v) is 2.87. The zero-order chi connectivity index (χ0) is 12.8. The van der Waals surface area contributed by atoms with E-state index in [0.717, 1.165) is 5.75 Å². The van der Waals surface area contributed by atoms with E-state index in [4.69, 9.17) is 16.3 Å². The maximum atomic E-state index is 11.5. The molecule has 0 bridgehead atoms. The highest BCUT2D eigenvalue weighted by Gasteiger charge is 2.13. The summed E-state index contributed by atoms with van der Waals surface area (Å²) in [4.78, 5) is 13.0. The van der Waals surface area contributed by atoms with Crippen molar-refractivity contribution in [2.24, 2.45) is 0 Å². The molecule has 0 radical (unpaired) electrons. The van der Waals surface area contributed by atoms with Crippen LogP contribution in [0.25, 0.3) is 0 Å². The van der Waals surface area contributed by atoms with Crippen molar-refractivity contribution in [2.75, 3.05) is 20.2 Å². The summed E-state index contributed by atoms with van der Waals surface area (Å²) in [5.41, 5.74) is 0. The second-order valence-corrected chi connectivity index (χ2v) is 5.49. The Morgan fingerprint density at radius 2 is 2.06 bits per heavy atom. The molecule has 0 saturated heterocycles. The highest BCUT2D eigenvalue weighted by Crippen LogP contribution is 2.15. The molecular weight excluding hydrogens is 305 g/mol. The van der Waals surface area contributed by atoms with Crippen molar-refractivity contribution < 1.29 is 9.53 Å². The van der Waals surface area contributed by atoms with Gasteiger partial charge in [0.25, 0.3) is 0 Å². The zero-order valence-corrected chi connectivity index (χ0v) is 12.2. The number of hydrogen-bond acceptors (Lipinski definition) is 2. The quantitative estimate of drug-likeness (QED) is 0.781. The average Bonchev–Trinajstić information content (AvgIpc) is 2.30. The van der Waals surface area contributed by atoms with Gasteiger partial charge >= 0.3 is 0 Å². The van der Waals surface area contributed by atoms with Gasteiger partial charge in [0.05, 0.1) is 11.4 Å². The molecule has 0 aliphatic rings. The molecule has 0 heterocycles. The van der Waals surface area contributed by atoms with Crippen LogP contribution in [-0.4, -0.2) is 35.8 Å². The fourth-order valence-corrected chi connectivity index (χ4v) is 1.72. The Balaban J connectivity index is 2.33. The van der Waals surface area contributed by atoms with Gasteiger partial charge in [-0.1, -0.05) is 27.5 Å². The number of amides is 1. The fourth-order valence-electron chi connectivity index (χ4n) is 1.25. The van der Waals surface area contributed by atoms with Crippen molar-refractivity contribution in [3.05, 3.63) is 29.3 Å². The van der Waals surface area contributed by atoms with Gasteiger partial charge in [-0.3, -0.25) is 4.79 Å². The number of carbonyl (C=O) groups excluding carboxylic acids is 1. The average molecular weight is 321 g/mol. The highest BCUT2D eigenvalue weighted by atomic mass is 79.9. The second-order valence-electron chi connectivity index (χ2n) is 3.68. The number of benzene rings is 1. The first-order chi connectivity index (χ1) is 8.00. The SMILES string of the molecule is CC(Br)C(=O)N(C)CCOc1ccc(Cl)cc1. The van der Waals surface area contributed by atoms with Gasteiger partial charge in [-0.15, -0.1) is 0 Å². The molecule has 0 aliphatic heterocycles. The largest absolute Gasteiger partial charge is 0.492 e. The van der Waals surface area contributed by atoms with E-state index >= 15 is 0 Å². The first-order valence-corrected chi connectivity index (χ1v) is 6.57. The molecule has 0 fully saturated rings. The van der Waals surface area contributed by atoms with E-state index in [1.54, 1.807) is 43.1 Å². The molecule has 5 heteroatoms. The summed E-state index contributed by atoms with van der Waals surface area (Å²) in [5.74, 6) is 0.798.